The van der Waals surface area contributed by atoms with E-state index < -0.39 is 55.5 Å². The van der Waals surface area contributed by atoms with Crippen LogP contribution < -0.4 is 0 Å². The second kappa shape index (κ2) is 6.60. The maximum Gasteiger partial charge on any atom is 0.358 e. The number of hydrazine groups is 1. The number of hydrogen-bond acceptors (Lipinski definition) is 2. The van der Waals surface area contributed by atoms with Crippen molar-refractivity contribution in [3.63, 3.8) is 0 Å². The molecule has 0 N–H and O–H groups in total. The van der Waals surface area contributed by atoms with Gasteiger partial charge in [0.1, 0.15) is 0 Å². The fourth-order valence-corrected chi connectivity index (χ4v) is 1.50. The fraction of sp³-hybridized carbons (Fsp3) is 0.714. The van der Waals surface area contributed by atoms with Gasteiger partial charge < -0.3 is 0 Å². The lowest BCUT2D eigenvalue weighted by Gasteiger charge is -2.29. The van der Waals surface area contributed by atoms with Crippen LogP contribution in [0.5, 0.6) is 0 Å². The van der Waals surface area contributed by atoms with Gasteiger partial charge in [-0.05, 0) is 0 Å². The molecule has 0 aromatic rings. The fourth-order valence-electron chi connectivity index (χ4n) is 0.996. The third kappa shape index (κ3) is 5.71. The van der Waals surface area contributed by atoms with E-state index in [4.69, 9.17) is 0 Å². The molecule has 0 aliphatic rings. The summed E-state index contributed by atoms with van der Waals surface area (Å²) < 4.78 is 141. The first-order valence-corrected chi connectivity index (χ1v) is 7.00. The first kappa shape index (κ1) is 22.8. The van der Waals surface area contributed by atoms with E-state index >= 15 is 0 Å². The number of nitrogens with zero attached hydrogens (tertiary/aromatic N) is 3. The minimum Gasteiger partial charge on any atom is -0.274 e. The van der Waals surface area contributed by atoms with E-state index in [9.17, 15) is 51.4 Å². The van der Waals surface area contributed by atoms with Crippen molar-refractivity contribution in [2.24, 2.45) is 0 Å². The first-order valence-electron chi connectivity index (χ1n) is 5.36. The molecule has 0 spiro atoms. The van der Waals surface area contributed by atoms with Crippen LogP contribution in [0.3, 0.4) is 0 Å². The first-order chi connectivity index (χ1) is 10.3. The molecule has 0 rings (SSSR count). The van der Waals surface area contributed by atoms with Crippen LogP contribution in [0, 0.1) is 0 Å². The number of carbonyl (C=O) groups is 1. The maximum absolute atomic E-state index is 13.5. The Hall–Kier alpha value is -1.20. The van der Waals surface area contributed by atoms with Crippen LogP contribution in [0.4, 0.5) is 46.6 Å². The second-order valence-electron chi connectivity index (χ2n) is 4.01. The van der Waals surface area contributed by atoms with Gasteiger partial charge >= 0.3 is 22.3 Å². The van der Waals surface area contributed by atoms with E-state index in [1.165, 1.54) is 0 Å². The molecule has 0 aliphatic carbocycles. The molecule has 0 saturated carbocycles. The zero-order chi connectivity index (χ0) is 19.7. The molecular weight excluding hydrogens is 399 g/mol. The van der Waals surface area contributed by atoms with Crippen LogP contribution in [-0.4, -0.2) is 38.8 Å². The van der Waals surface area contributed by atoms with Crippen molar-refractivity contribution in [3.8, 4) is 0 Å². The van der Waals surface area contributed by atoms with Crippen LogP contribution in [0.15, 0.2) is 0 Å². The van der Waals surface area contributed by atoms with Crippen LogP contribution in [0.2, 0.25) is 0 Å². The van der Waals surface area contributed by atoms with E-state index in [0.29, 0.717) is 6.92 Å². The summed E-state index contributed by atoms with van der Waals surface area (Å²) in [5.41, 5.74) is 0. The Morgan fingerprint density at radius 3 is 1.71 bits per heavy atom. The minimum absolute atomic E-state index is 0.268. The molecule has 1 atom stereocenters. The highest BCUT2D eigenvalue weighted by atomic mass is 32.4. The van der Waals surface area contributed by atoms with E-state index in [0.717, 1.165) is 0 Å². The lowest BCUT2D eigenvalue weighted by Crippen LogP contribution is -2.53. The van der Waals surface area contributed by atoms with Gasteiger partial charge in [-0.25, -0.2) is 4.39 Å². The molecule has 5 nitrogen and oxygen atoms in total. The van der Waals surface area contributed by atoms with Crippen molar-refractivity contribution in [3.05, 3.63) is 0 Å². The van der Waals surface area contributed by atoms with Crippen molar-refractivity contribution in [1.82, 2.24) is 15.8 Å². The molecule has 0 aromatic heterocycles. The molecule has 0 aliphatic heterocycles. The SMILES string of the molecule is CCC(F)(F)OC(C)(F)C(=O)N(F)N(F)C(N(F)F)=S(F)(F)(F)F. The quantitative estimate of drug-likeness (QED) is 0.297. The molecule has 0 saturated heterocycles. The molecule has 0 bridgehead atoms. The zero-order valence-corrected chi connectivity index (χ0v) is 12.2. The Balaban J connectivity index is 5.75. The molecule has 24 heavy (non-hydrogen) atoms. The largest absolute Gasteiger partial charge is 0.358 e. The molecular formula is C7H8F11N3O2S. The predicted molar refractivity (Wildman–Crippen MR) is 57.8 cm³/mol. The average molecular weight is 407 g/mol. The van der Waals surface area contributed by atoms with Gasteiger partial charge in [0.15, 0.2) is 0 Å². The normalized spacial score (nSPS) is 17.4. The van der Waals surface area contributed by atoms with Gasteiger partial charge in [0.05, 0.1) is 5.34 Å². The number of hydrogen-bond donors (Lipinski definition) is 0. The van der Waals surface area contributed by atoms with Crippen molar-refractivity contribution in [2.45, 2.75) is 32.2 Å². The summed E-state index contributed by atoms with van der Waals surface area (Å²) in [6.07, 6.45) is -5.75. The number of alkyl halides is 3. The Bertz CT molecular complexity index is 538. The van der Waals surface area contributed by atoms with Crippen LogP contribution in [0.25, 0.3) is 0 Å². The summed E-state index contributed by atoms with van der Waals surface area (Å²) >= 11 is 0. The summed E-state index contributed by atoms with van der Waals surface area (Å²) in [5, 5.41) is -13.1. The topological polar surface area (TPSA) is 36.0 Å². The molecule has 17 heteroatoms. The van der Waals surface area contributed by atoms with Crippen molar-refractivity contribution < 1.29 is 56.2 Å². The number of rotatable bonds is 4. The molecule has 0 fully saturated rings. The van der Waals surface area contributed by atoms with Gasteiger partial charge in [-0.15, -0.1) is 20.0 Å². The van der Waals surface area contributed by atoms with Crippen molar-refractivity contribution >= 4 is 21.3 Å². The lowest BCUT2D eigenvalue weighted by molar-refractivity contribution is -0.331. The Labute approximate surface area is 126 Å². The van der Waals surface area contributed by atoms with Gasteiger partial charge in [-0.2, -0.15) is 8.78 Å². The summed E-state index contributed by atoms with van der Waals surface area (Å²) in [6.45, 7) is 0.418. The number of amides is 1. The highest BCUT2D eigenvalue weighted by Gasteiger charge is 2.53. The Morgan fingerprint density at radius 2 is 1.42 bits per heavy atom. The molecule has 0 aromatic carbocycles. The van der Waals surface area contributed by atoms with E-state index in [2.05, 4.69) is 4.74 Å². The van der Waals surface area contributed by atoms with Crippen LogP contribution >= 0.6 is 10.3 Å². The summed E-state index contributed by atoms with van der Waals surface area (Å²) in [5.74, 6) is -7.73. The smallest absolute Gasteiger partial charge is 0.274 e. The monoisotopic (exact) mass is 407 g/mol. The summed E-state index contributed by atoms with van der Waals surface area (Å²) in [7, 11) is -9.45. The molecule has 1 unspecified atom stereocenters. The molecule has 0 heterocycles. The van der Waals surface area contributed by atoms with Gasteiger partial charge in [0.2, 0.25) is 0 Å². The average Bonchev–Trinajstić information content (AvgIpc) is 2.32. The van der Waals surface area contributed by atoms with Crippen LogP contribution in [0.1, 0.15) is 20.3 Å². The Kier molecular flexibility index (Phi) is 6.27. The lowest BCUT2D eigenvalue weighted by atomic mass is 10.3. The van der Waals surface area contributed by atoms with E-state index in [1.54, 1.807) is 0 Å². The van der Waals surface area contributed by atoms with Crippen molar-refractivity contribution in [2.75, 3.05) is 0 Å². The summed E-state index contributed by atoms with van der Waals surface area (Å²) in [4.78, 5) is 11.0. The Morgan fingerprint density at radius 1 is 1.00 bits per heavy atom. The number of carbonyl (C=O) groups excluding carboxylic acids is 1. The van der Waals surface area contributed by atoms with Gasteiger partial charge in [-0.1, -0.05) is 25.6 Å². The highest BCUT2D eigenvalue weighted by Crippen LogP contribution is 2.68. The zero-order valence-electron chi connectivity index (χ0n) is 11.4. The third-order valence-electron chi connectivity index (χ3n) is 2.03. The minimum atomic E-state index is -9.45. The van der Waals surface area contributed by atoms with Crippen LogP contribution in [-0.2, 0) is 9.53 Å². The highest BCUT2D eigenvalue weighted by molar-refractivity contribution is 8.31. The van der Waals surface area contributed by atoms with E-state index in [-0.39, 0.29) is 6.92 Å². The maximum atomic E-state index is 13.5. The number of ether oxygens (including phenoxy) is 1. The van der Waals surface area contributed by atoms with Gasteiger partial charge in [0.25, 0.3) is 11.0 Å². The molecule has 146 valence electrons. The third-order valence-corrected chi connectivity index (χ3v) is 2.88. The molecule has 1 amide bonds. The predicted octanol–water partition coefficient (Wildman–Crippen LogP) is 4.54. The summed E-state index contributed by atoms with van der Waals surface area (Å²) in [6, 6.07) is 0. The van der Waals surface area contributed by atoms with E-state index in [1.807, 2.05) is 0 Å². The van der Waals surface area contributed by atoms with Gasteiger partial charge in [0, 0.05) is 18.6 Å². The van der Waals surface area contributed by atoms with Crippen molar-refractivity contribution in [1.29, 1.82) is 0 Å². The number of halogens is 11. The standard InChI is InChI=1S/C7H8F11N3O2S/c1-3-7(9,10)23-6(2,8)4(22)20(13)21(14)5(19(11)12)24(15,16,17)18/h3H2,1-2H3. The second-order valence-corrected chi connectivity index (χ2v) is 5.69. The van der Waals surface area contributed by atoms with Gasteiger partial charge in [-0.3, -0.25) is 9.53 Å². The molecule has 0 radical (unpaired) electrons.